The zero-order valence-electron chi connectivity index (χ0n) is 18.9. The smallest absolute Gasteiger partial charge is 0.261 e. The van der Waals surface area contributed by atoms with Crippen molar-refractivity contribution in [3.05, 3.63) is 90.0 Å². The predicted octanol–water partition coefficient (Wildman–Crippen LogP) is 6.00. The third kappa shape index (κ3) is 8.24. The van der Waals surface area contributed by atoms with Gasteiger partial charge in [0.2, 0.25) is 0 Å². The third-order valence-corrected chi connectivity index (χ3v) is 5.16. The van der Waals surface area contributed by atoms with Crippen LogP contribution in [-0.2, 0) is 6.42 Å². The van der Waals surface area contributed by atoms with Crippen LogP contribution in [0.5, 0.6) is 11.5 Å². The number of hydrogen-bond donors (Lipinski definition) is 2. The number of amides is 1. The number of nitrogens with one attached hydrogen (secondary N) is 2. The SMILES string of the molecule is CCCCCOc1ccccc1C(=O)NC(=S)Nc1cccc(OCCc2ccccc2)c1. The Morgan fingerprint density at radius 3 is 2.48 bits per heavy atom. The number of rotatable bonds is 11. The van der Waals surface area contributed by atoms with E-state index in [9.17, 15) is 4.79 Å². The first-order chi connectivity index (χ1) is 16.2. The summed E-state index contributed by atoms with van der Waals surface area (Å²) < 4.78 is 11.7. The summed E-state index contributed by atoms with van der Waals surface area (Å²) in [5.41, 5.74) is 2.42. The Bertz CT molecular complexity index is 1040. The van der Waals surface area contributed by atoms with Crippen LogP contribution in [-0.4, -0.2) is 24.2 Å². The van der Waals surface area contributed by atoms with E-state index in [0.717, 1.165) is 37.1 Å². The van der Waals surface area contributed by atoms with Crippen LogP contribution in [0.15, 0.2) is 78.9 Å². The van der Waals surface area contributed by atoms with E-state index < -0.39 is 0 Å². The van der Waals surface area contributed by atoms with Gasteiger partial charge in [-0.3, -0.25) is 10.1 Å². The van der Waals surface area contributed by atoms with Gasteiger partial charge in [0.25, 0.3) is 5.91 Å². The molecule has 0 aliphatic rings. The highest BCUT2D eigenvalue weighted by Crippen LogP contribution is 2.20. The van der Waals surface area contributed by atoms with Crippen LogP contribution in [0.1, 0.15) is 42.1 Å². The summed E-state index contributed by atoms with van der Waals surface area (Å²) in [7, 11) is 0. The molecule has 0 aliphatic heterocycles. The maximum atomic E-state index is 12.8. The summed E-state index contributed by atoms with van der Waals surface area (Å²) in [5.74, 6) is 0.979. The third-order valence-electron chi connectivity index (χ3n) is 4.96. The highest BCUT2D eigenvalue weighted by Gasteiger charge is 2.13. The molecule has 0 aliphatic carbocycles. The lowest BCUT2D eigenvalue weighted by Crippen LogP contribution is -2.34. The van der Waals surface area contributed by atoms with Gasteiger partial charge in [0.1, 0.15) is 11.5 Å². The molecule has 1 amide bonds. The lowest BCUT2D eigenvalue weighted by Gasteiger charge is -2.14. The van der Waals surface area contributed by atoms with Gasteiger partial charge in [0, 0.05) is 18.2 Å². The predicted molar refractivity (Wildman–Crippen MR) is 137 cm³/mol. The molecule has 5 nitrogen and oxygen atoms in total. The van der Waals surface area contributed by atoms with E-state index in [4.69, 9.17) is 21.7 Å². The molecule has 3 rings (SSSR count). The number of anilines is 1. The first-order valence-corrected chi connectivity index (χ1v) is 11.7. The van der Waals surface area contributed by atoms with Crippen LogP contribution in [0.4, 0.5) is 5.69 Å². The molecule has 0 spiro atoms. The van der Waals surface area contributed by atoms with E-state index in [-0.39, 0.29) is 11.0 Å². The first kappa shape index (κ1) is 24.3. The number of hydrogen-bond acceptors (Lipinski definition) is 4. The molecular formula is C27H30N2O3S. The number of unbranched alkanes of at least 4 members (excludes halogenated alkanes) is 2. The molecule has 0 bridgehead atoms. The summed E-state index contributed by atoms with van der Waals surface area (Å²) in [6.45, 7) is 3.30. The fourth-order valence-electron chi connectivity index (χ4n) is 3.24. The lowest BCUT2D eigenvalue weighted by molar-refractivity contribution is 0.0973. The molecule has 0 unspecified atom stereocenters. The van der Waals surface area contributed by atoms with E-state index in [1.165, 1.54) is 5.56 Å². The number of carbonyl (C=O) groups excluding carboxylic acids is 1. The molecule has 0 saturated heterocycles. The Labute approximate surface area is 201 Å². The van der Waals surface area contributed by atoms with Gasteiger partial charge in [-0.25, -0.2) is 0 Å². The van der Waals surface area contributed by atoms with Crippen molar-refractivity contribution in [2.45, 2.75) is 32.6 Å². The first-order valence-electron chi connectivity index (χ1n) is 11.3. The van der Waals surface area contributed by atoms with E-state index in [0.29, 0.717) is 24.5 Å². The van der Waals surface area contributed by atoms with E-state index >= 15 is 0 Å². The second-order valence-electron chi connectivity index (χ2n) is 7.57. The number of para-hydroxylation sites is 1. The summed E-state index contributed by atoms with van der Waals surface area (Å²) in [6, 6.07) is 24.9. The molecule has 172 valence electrons. The minimum Gasteiger partial charge on any atom is -0.493 e. The molecule has 0 saturated carbocycles. The van der Waals surface area contributed by atoms with Gasteiger partial charge in [-0.05, 0) is 48.5 Å². The van der Waals surface area contributed by atoms with Crippen molar-refractivity contribution in [3.63, 3.8) is 0 Å². The Morgan fingerprint density at radius 2 is 1.67 bits per heavy atom. The van der Waals surface area contributed by atoms with Crippen molar-refractivity contribution < 1.29 is 14.3 Å². The average Bonchev–Trinajstić information content (AvgIpc) is 2.83. The molecule has 0 aromatic heterocycles. The highest BCUT2D eigenvalue weighted by molar-refractivity contribution is 7.80. The minimum atomic E-state index is -0.311. The van der Waals surface area contributed by atoms with Crippen LogP contribution in [0.3, 0.4) is 0 Å². The molecule has 2 N–H and O–H groups in total. The highest BCUT2D eigenvalue weighted by atomic mass is 32.1. The summed E-state index contributed by atoms with van der Waals surface area (Å²) in [6.07, 6.45) is 3.99. The van der Waals surface area contributed by atoms with Crippen molar-refractivity contribution >= 4 is 28.9 Å². The van der Waals surface area contributed by atoms with Gasteiger partial charge in [-0.1, -0.05) is 68.3 Å². The fourth-order valence-corrected chi connectivity index (χ4v) is 3.45. The molecule has 0 radical (unpaired) electrons. The average molecular weight is 463 g/mol. The zero-order valence-corrected chi connectivity index (χ0v) is 19.7. The Balaban J connectivity index is 1.51. The minimum absolute atomic E-state index is 0.210. The second-order valence-corrected chi connectivity index (χ2v) is 7.98. The van der Waals surface area contributed by atoms with Crippen molar-refractivity contribution in [2.75, 3.05) is 18.5 Å². The summed E-state index contributed by atoms with van der Waals surface area (Å²) >= 11 is 5.35. The van der Waals surface area contributed by atoms with E-state index in [1.807, 2.05) is 48.5 Å². The monoisotopic (exact) mass is 462 g/mol. The number of thiocarbonyl (C=S) groups is 1. The van der Waals surface area contributed by atoms with Gasteiger partial charge >= 0.3 is 0 Å². The molecule has 33 heavy (non-hydrogen) atoms. The Kier molecular flexibility index (Phi) is 9.73. The molecule has 0 atom stereocenters. The maximum Gasteiger partial charge on any atom is 0.261 e. The zero-order chi connectivity index (χ0) is 23.3. The maximum absolute atomic E-state index is 12.8. The number of ether oxygens (including phenoxy) is 2. The molecule has 0 fully saturated rings. The van der Waals surface area contributed by atoms with E-state index in [1.54, 1.807) is 18.2 Å². The van der Waals surface area contributed by atoms with Gasteiger partial charge in [-0.2, -0.15) is 0 Å². The number of carbonyl (C=O) groups is 1. The van der Waals surface area contributed by atoms with Gasteiger partial charge < -0.3 is 14.8 Å². The second kappa shape index (κ2) is 13.2. The standard InChI is InChI=1S/C27H30N2O3S/c1-2-3-9-18-32-25-16-8-7-15-24(25)26(30)29-27(33)28-22-13-10-14-23(20-22)31-19-17-21-11-5-4-6-12-21/h4-8,10-16,20H,2-3,9,17-19H2,1H3,(H2,28,29,30,33). The van der Waals surface area contributed by atoms with Crippen LogP contribution in [0.2, 0.25) is 0 Å². The quantitative estimate of drug-likeness (QED) is 0.270. The summed E-state index contributed by atoms with van der Waals surface area (Å²) in [4.78, 5) is 12.8. The van der Waals surface area contributed by atoms with Crippen molar-refractivity contribution in [3.8, 4) is 11.5 Å². The van der Waals surface area contributed by atoms with Gasteiger partial charge in [-0.15, -0.1) is 0 Å². The normalized spacial score (nSPS) is 10.3. The van der Waals surface area contributed by atoms with Crippen LogP contribution >= 0.6 is 12.2 Å². The molecule has 0 heterocycles. The van der Waals surface area contributed by atoms with Crippen LogP contribution in [0, 0.1) is 0 Å². The topological polar surface area (TPSA) is 59.6 Å². The fraction of sp³-hybridized carbons (Fsp3) is 0.259. The Morgan fingerprint density at radius 1 is 0.879 bits per heavy atom. The molecule has 3 aromatic carbocycles. The molecule has 3 aromatic rings. The van der Waals surface area contributed by atoms with E-state index in [2.05, 4.69) is 29.7 Å². The van der Waals surface area contributed by atoms with Crippen molar-refractivity contribution in [1.29, 1.82) is 0 Å². The van der Waals surface area contributed by atoms with Gasteiger partial charge in [0.15, 0.2) is 5.11 Å². The van der Waals surface area contributed by atoms with Gasteiger partial charge in [0.05, 0.1) is 18.8 Å². The lowest BCUT2D eigenvalue weighted by atomic mass is 10.2. The molecular weight excluding hydrogens is 432 g/mol. The number of benzene rings is 3. The molecule has 6 heteroatoms. The van der Waals surface area contributed by atoms with Crippen LogP contribution < -0.4 is 20.1 Å². The van der Waals surface area contributed by atoms with Crippen molar-refractivity contribution in [2.24, 2.45) is 0 Å². The van der Waals surface area contributed by atoms with Crippen LogP contribution in [0.25, 0.3) is 0 Å². The summed E-state index contributed by atoms with van der Waals surface area (Å²) in [5, 5.41) is 5.99. The van der Waals surface area contributed by atoms with Crippen molar-refractivity contribution in [1.82, 2.24) is 5.32 Å². The largest absolute Gasteiger partial charge is 0.493 e. The Hall–Kier alpha value is -3.38.